The quantitative estimate of drug-likeness (QED) is 0.630. The van der Waals surface area contributed by atoms with Crippen LogP contribution in [-0.2, 0) is 0 Å². The summed E-state index contributed by atoms with van der Waals surface area (Å²) in [5.74, 6) is 0.924. The van der Waals surface area contributed by atoms with Crippen molar-refractivity contribution in [3.8, 4) is 5.75 Å². The fourth-order valence-electron chi connectivity index (χ4n) is 1.90. The Bertz CT molecular complexity index is 520. The van der Waals surface area contributed by atoms with E-state index >= 15 is 0 Å². The number of hydrogen-bond acceptors (Lipinski definition) is 2. The number of ether oxygens (including phenoxy) is 1. The van der Waals surface area contributed by atoms with Gasteiger partial charge in [0.25, 0.3) is 0 Å². The summed E-state index contributed by atoms with van der Waals surface area (Å²) in [7, 11) is 0. The van der Waals surface area contributed by atoms with Crippen LogP contribution in [-0.4, -0.2) is 6.61 Å². The summed E-state index contributed by atoms with van der Waals surface area (Å²) in [5, 5.41) is 1.17. The Kier molecular flexibility index (Phi) is 1.45. The summed E-state index contributed by atoms with van der Waals surface area (Å²) in [5.41, 5.74) is 3.30. The number of aryl methyl sites for hydroxylation is 1. The van der Waals surface area contributed by atoms with E-state index in [9.17, 15) is 0 Å². The van der Waals surface area contributed by atoms with Gasteiger partial charge in [0, 0.05) is 17.0 Å². The molecule has 0 bridgehead atoms. The minimum Gasteiger partial charge on any atom is -0.489 e. The second kappa shape index (κ2) is 2.64. The molecular weight excluding hydrogens is 176 g/mol. The Balaban J connectivity index is 2.43. The van der Waals surface area contributed by atoms with Crippen molar-refractivity contribution >= 4 is 17.0 Å². The van der Waals surface area contributed by atoms with Crippen LogP contribution in [0.2, 0.25) is 0 Å². The lowest BCUT2D eigenvalue weighted by Gasteiger charge is -2.14. The summed E-state index contributed by atoms with van der Waals surface area (Å²) in [6.45, 7) is 2.74. The van der Waals surface area contributed by atoms with Gasteiger partial charge < -0.3 is 9.15 Å². The summed E-state index contributed by atoms with van der Waals surface area (Å²) in [6, 6.07) is 3.95. The van der Waals surface area contributed by atoms with Crippen molar-refractivity contribution in [1.29, 1.82) is 0 Å². The van der Waals surface area contributed by atoms with Gasteiger partial charge in [-0.15, -0.1) is 0 Å². The molecule has 0 amide bonds. The van der Waals surface area contributed by atoms with Crippen LogP contribution in [0, 0.1) is 6.92 Å². The summed E-state index contributed by atoms with van der Waals surface area (Å²) < 4.78 is 10.9. The van der Waals surface area contributed by atoms with E-state index in [-0.39, 0.29) is 0 Å². The molecule has 2 heterocycles. The lowest BCUT2D eigenvalue weighted by atomic mass is 10.0. The average Bonchev–Trinajstić information content (AvgIpc) is 2.66. The Labute approximate surface area is 81.8 Å². The van der Waals surface area contributed by atoms with Gasteiger partial charge >= 0.3 is 0 Å². The van der Waals surface area contributed by atoms with Crippen molar-refractivity contribution in [2.75, 3.05) is 6.61 Å². The first-order valence-electron chi connectivity index (χ1n) is 4.66. The lowest BCUT2D eigenvalue weighted by molar-refractivity contribution is 0.358. The van der Waals surface area contributed by atoms with Crippen LogP contribution in [0.25, 0.3) is 17.0 Å². The molecule has 1 aliphatic rings. The van der Waals surface area contributed by atoms with Crippen LogP contribution in [0.3, 0.4) is 0 Å². The summed E-state index contributed by atoms with van der Waals surface area (Å²) in [4.78, 5) is 0. The third kappa shape index (κ3) is 0.909. The van der Waals surface area contributed by atoms with E-state index in [1.807, 2.05) is 18.2 Å². The van der Waals surface area contributed by atoms with E-state index in [0.717, 1.165) is 11.3 Å². The Morgan fingerprint density at radius 1 is 1.36 bits per heavy atom. The van der Waals surface area contributed by atoms with Gasteiger partial charge in [0.05, 0.1) is 6.26 Å². The largest absolute Gasteiger partial charge is 0.489 e. The van der Waals surface area contributed by atoms with Gasteiger partial charge in [-0.25, -0.2) is 0 Å². The zero-order valence-electron chi connectivity index (χ0n) is 7.91. The molecule has 2 aromatic rings. The molecule has 0 saturated carbocycles. The molecule has 2 nitrogen and oxygen atoms in total. The Hall–Kier alpha value is -1.70. The summed E-state index contributed by atoms with van der Waals surface area (Å²) in [6.07, 6.45) is 5.86. The molecule has 0 N–H and O–H groups in total. The first-order valence-corrected chi connectivity index (χ1v) is 4.66. The van der Waals surface area contributed by atoms with E-state index in [1.54, 1.807) is 6.26 Å². The van der Waals surface area contributed by atoms with Gasteiger partial charge in [0.1, 0.15) is 17.9 Å². The number of rotatable bonds is 0. The molecule has 14 heavy (non-hydrogen) atoms. The molecule has 70 valence electrons. The highest BCUT2D eigenvalue weighted by Gasteiger charge is 2.12. The van der Waals surface area contributed by atoms with Crippen molar-refractivity contribution < 1.29 is 9.15 Å². The van der Waals surface area contributed by atoms with Gasteiger partial charge in [0.15, 0.2) is 0 Å². The minimum absolute atomic E-state index is 0.651. The van der Waals surface area contributed by atoms with E-state index in [0.29, 0.717) is 6.61 Å². The maximum atomic E-state index is 5.53. The zero-order chi connectivity index (χ0) is 9.54. The molecule has 0 aliphatic carbocycles. The van der Waals surface area contributed by atoms with Crippen molar-refractivity contribution in [3.63, 3.8) is 0 Å². The third-order valence-corrected chi connectivity index (χ3v) is 2.65. The van der Waals surface area contributed by atoms with Gasteiger partial charge in [-0.1, -0.05) is 6.08 Å². The van der Waals surface area contributed by atoms with Crippen molar-refractivity contribution in [1.82, 2.24) is 0 Å². The fourth-order valence-corrected chi connectivity index (χ4v) is 1.90. The number of furan rings is 1. The highest BCUT2D eigenvalue weighted by atomic mass is 16.5. The van der Waals surface area contributed by atoms with Crippen molar-refractivity contribution in [2.24, 2.45) is 0 Å². The molecular formula is C12H10O2. The van der Waals surface area contributed by atoms with Crippen molar-refractivity contribution in [3.05, 3.63) is 35.6 Å². The molecule has 0 saturated heterocycles. The van der Waals surface area contributed by atoms with Gasteiger partial charge in [-0.05, 0) is 24.6 Å². The van der Waals surface area contributed by atoms with Gasteiger partial charge in [-0.2, -0.15) is 0 Å². The predicted molar refractivity (Wildman–Crippen MR) is 55.5 cm³/mol. The lowest BCUT2D eigenvalue weighted by Crippen LogP contribution is -2.01. The molecule has 1 aliphatic heterocycles. The number of fused-ring (bicyclic) bond motifs is 2. The molecule has 3 rings (SSSR count). The molecule has 0 atom stereocenters. The highest BCUT2D eigenvalue weighted by molar-refractivity contribution is 5.87. The number of hydrogen-bond donors (Lipinski definition) is 0. The topological polar surface area (TPSA) is 22.4 Å². The first kappa shape index (κ1) is 7.68. The molecule has 0 fully saturated rings. The molecule has 0 spiro atoms. The second-order valence-corrected chi connectivity index (χ2v) is 3.46. The van der Waals surface area contributed by atoms with Crippen molar-refractivity contribution in [2.45, 2.75) is 6.92 Å². The highest BCUT2D eigenvalue weighted by Crippen LogP contribution is 2.33. The summed E-state index contributed by atoms with van der Waals surface area (Å²) >= 11 is 0. The van der Waals surface area contributed by atoms with Crippen LogP contribution < -0.4 is 4.74 Å². The minimum atomic E-state index is 0.651. The Morgan fingerprint density at radius 3 is 3.21 bits per heavy atom. The van der Waals surface area contributed by atoms with Crippen LogP contribution in [0.15, 0.2) is 28.9 Å². The standard InChI is InChI=1S/C12H10O2/c1-8-9-3-2-5-13-11(9)7-12-10(8)4-6-14-12/h2-4,6-7H,5H2,1H3. The Morgan fingerprint density at radius 2 is 2.29 bits per heavy atom. The molecule has 2 heteroatoms. The number of benzene rings is 1. The zero-order valence-corrected chi connectivity index (χ0v) is 7.91. The fraction of sp³-hybridized carbons (Fsp3) is 0.167. The second-order valence-electron chi connectivity index (χ2n) is 3.46. The van der Waals surface area contributed by atoms with Gasteiger partial charge in [0.2, 0.25) is 0 Å². The molecule has 0 radical (unpaired) electrons. The van der Waals surface area contributed by atoms with E-state index in [1.165, 1.54) is 16.5 Å². The monoisotopic (exact) mass is 186 g/mol. The van der Waals surface area contributed by atoms with E-state index < -0.39 is 0 Å². The van der Waals surface area contributed by atoms with Crippen LogP contribution in [0.4, 0.5) is 0 Å². The van der Waals surface area contributed by atoms with E-state index in [4.69, 9.17) is 9.15 Å². The van der Waals surface area contributed by atoms with Gasteiger partial charge in [-0.3, -0.25) is 0 Å². The van der Waals surface area contributed by atoms with E-state index in [2.05, 4.69) is 13.0 Å². The maximum absolute atomic E-state index is 5.53. The predicted octanol–water partition coefficient (Wildman–Crippen LogP) is 3.15. The van der Waals surface area contributed by atoms with Crippen LogP contribution >= 0.6 is 0 Å². The molecule has 1 aromatic heterocycles. The average molecular weight is 186 g/mol. The first-order chi connectivity index (χ1) is 6.86. The normalized spacial score (nSPS) is 14.1. The van der Waals surface area contributed by atoms with Crippen LogP contribution in [0.5, 0.6) is 5.75 Å². The SMILES string of the molecule is Cc1c2c(cc3occc13)OCC=C2. The molecule has 1 aromatic carbocycles. The smallest absolute Gasteiger partial charge is 0.137 e. The maximum Gasteiger partial charge on any atom is 0.137 e. The van der Waals surface area contributed by atoms with Crippen LogP contribution in [0.1, 0.15) is 11.1 Å². The third-order valence-electron chi connectivity index (χ3n) is 2.65. The molecule has 0 unspecified atom stereocenters.